The van der Waals surface area contributed by atoms with Gasteiger partial charge >= 0.3 is 6.09 Å². The van der Waals surface area contributed by atoms with E-state index in [-0.39, 0.29) is 12.1 Å². The topological polar surface area (TPSA) is 49.8 Å². The van der Waals surface area contributed by atoms with Gasteiger partial charge in [0.2, 0.25) is 0 Å². The first-order valence-corrected chi connectivity index (χ1v) is 8.71. The molecule has 1 aliphatic heterocycles. The fourth-order valence-electron chi connectivity index (χ4n) is 2.55. The number of ether oxygens (including phenoxy) is 1. The van der Waals surface area contributed by atoms with Crippen molar-refractivity contribution in [2.45, 2.75) is 56.3 Å². The number of carbonyl (C=O) groups excluding carboxylic acids is 1. The highest BCUT2D eigenvalue weighted by molar-refractivity contribution is 7.99. The van der Waals surface area contributed by atoms with Crippen LogP contribution in [0.15, 0.2) is 35.2 Å². The maximum absolute atomic E-state index is 12.2. The first kappa shape index (κ1) is 17.2. The summed E-state index contributed by atoms with van der Waals surface area (Å²) in [4.78, 5) is 15.0. The average Bonchev–Trinajstić information content (AvgIpc) is 2.93. The number of rotatable bonds is 4. The molecule has 0 spiro atoms. The van der Waals surface area contributed by atoms with Gasteiger partial charge in [0.1, 0.15) is 5.60 Å². The first-order chi connectivity index (χ1) is 10.4. The Bertz CT molecular complexity index is 486. The number of nitrogens with zero attached hydrogens (tertiary/aromatic N) is 1. The van der Waals surface area contributed by atoms with Crippen LogP contribution in [0.1, 0.15) is 33.6 Å². The van der Waals surface area contributed by atoms with Gasteiger partial charge in [-0.15, -0.1) is 11.8 Å². The van der Waals surface area contributed by atoms with Gasteiger partial charge in [-0.25, -0.2) is 4.79 Å². The number of carbonyl (C=O) groups is 1. The van der Waals surface area contributed by atoms with Crippen molar-refractivity contribution in [1.29, 1.82) is 0 Å². The molecule has 1 saturated heterocycles. The minimum absolute atomic E-state index is 0.147. The van der Waals surface area contributed by atoms with E-state index in [1.165, 1.54) is 0 Å². The molecule has 1 aromatic carbocycles. The molecule has 0 aliphatic carbocycles. The Balaban J connectivity index is 1.90. The largest absolute Gasteiger partial charge is 0.444 e. The molecule has 1 heterocycles. The summed E-state index contributed by atoms with van der Waals surface area (Å²) >= 11 is 1.61. The summed E-state index contributed by atoms with van der Waals surface area (Å²) in [6.45, 7) is 6.24. The number of hydrogen-bond donors (Lipinski definition) is 1. The smallest absolute Gasteiger partial charge is 0.410 e. The van der Waals surface area contributed by atoms with Crippen molar-refractivity contribution in [1.82, 2.24) is 4.90 Å². The highest BCUT2D eigenvalue weighted by Gasteiger charge is 2.36. The molecule has 2 rings (SSSR count). The fourth-order valence-corrected chi connectivity index (χ4v) is 3.48. The third kappa shape index (κ3) is 4.92. The van der Waals surface area contributed by atoms with Gasteiger partial charge in [0.05, 0.1) is 12.1 Å². The lowest BCUT2D eigenvalue weighted by Crippen LogP contribution is -2.45. The zero-order chi connectivity index (χ0) is 16.2. The van der Waals surface area contributed by atoms with Crippen LogP contribution in [0, 0.1) is 0 Å². The Morgan fingerprint density at radius 3 is 2.73 bits per heavy atom. The molecule has 1 unspecified atom stereocenters. The Morgan fingerprint density at radius 1 is 1.41 bits per heavy atom. The zero-order valence-electron chi connectivity index (χ0n) is 13.5. The van der Waals surface area contributed by atoms with Gasteiger partial charge in [0, 0.05) is 17.2 Å². The predicted octanol–water partition coefficient (Wildman–Crippen LogP) is 3.54. The normalized spacial score (nSPS) is 20.0. The summed E-state index contributed by atoms with van der Waals surface area (Å²) in [6, 6.07) is 9.84. The summed E-state index contributed by atoms with van der Waals surface area (Å²) < 4.78 is 5.43. The minimum atomic E-state index is -0.541. The Labute approximate surface area is 136 Å². The highest BCUT2D eigenvalue weighted by Crippen LogP contribution is 2.26. The molecule has 4 nitrogen and oxygen atoms in total. The van der Waals surface area contributed by atoms with Crippen LogP contribution in [0.4, 0.5) is 4.79 Å². The third-order valence-electron chi connectivity index (χ3n) is 3.54. The molecule has 1 N–H and O–H groups in total. The van der Waals surface area contributed by atoms with E-state index in [2.05, 4.69) is 0 Å². The Kier molecular flexibility index (Phi) is 5.75. The van der Waals surface area contributed by atoms with Crippen LogP contribution in [-0.4, -0.2) is 46.1 Å². The van der Waals surface area contributed by atoms with E-state index < -0.39 is 11.7 Å². The number of likely N-dealkylation sites (tertiary alicyclic amines) is 1. The van der Waals surface area contributed by atoms with Gasteiger partial charge < -0.3 is 14.7 Å². The predicted molar refractivity (Wildman–Crippen MR) is 89.1 cm³/mol. The van der Waals surface area contributed by atoms with Crippen molar-refractivity contribution in [3.63, 3.8) is 0 Å². The number of amides is 1. The lowest BCUT2D eigenvalue weighted by atomic mass is 10.1. The molecule has 0 saturated carbocycles. The molecule has 2 atom stereocenters. The molecular weight excluding hydrogens is 298 g/mol. The number of aliphatic hydroxyl groups excluding tert-OH is 1. The molecule has 1 fully saturated rings. The Morgan fingerprint density at radius 2 is 2.09 bits per heavy atom. The first-order valence-electron chi connectivity index (χ1n) is 7.72. The molecule has 1 amide bonds. The van der Waals surface area contributed by atoms with Crippen molar-refractivity contribution in [2.75, 3.05) is 12.3 Å². The van der Waals surface area contributed by atoms with E-state index in [1.54, 1.807) is 16.7 Å². The van der Waals surface area contributed by atoms with Crippen molar-refractivity contribution in [2.24, 2.45) is 0 Å². The maximum Gasteiger partial charge on any atom is 0.410 e. The molecular formula is C17H25NO3S. The summed E-state index contributed by atoms with van der Waals surface area (Å²) in [5, 5.41) is 10.5. The molecule has 5 heteroatoms. The molecule has 1 aromatic rings. The van der Waals surface area contributed by atoms with E-state index >= 15 is 0 Å². The molecule has 0 bridgehead atoms. The SMILES string of the molecule is CC(C)(C)OC(=O)N1CCC[C@H]1C(O)CSc1ccccc1. The van der Waals surface area contributed by atoms with Crippen LogP contribution >= 0.6 is 11.8 Å². The molecule has 22 heavy (non-hydrogen) atoms. The second-order valence-corrected chi connectivity index (χ2v) is 7.67. The molecule has 1 aliphatic rings. The third-order valence-corrected chi connectivity index (χ3v) is 4.65. The van der Waals surface area contributed by atoms with Gasteiger partial charge in [-0.1, -0.05) is 18.2 Å². The standard InChI is InChI=1S/C17H25NO3S/c1-17(2,3)21-16(20)18-11-7-10-14(18)15(19)12-22-13-8-5-4-6-9-13/h4-6,8-9,14-15,19H,7,10-12H2,1-3H3/t14-,15?/m0/s1. The second-order valence-electron chi connectivity index (χ2n) is 6.57. The van der Waals surface area contributed by atoms with Gasteiger partial charge in [-0.2, -0.15) is 0 Å². The zero-order valence-corrected chi connectivity index (χ0v) is 14.3. The number of aliphatic hydroxyl groups is 1. The van der Waals surface area contributed by atoms with Crippen molar-refractivity contribution >= 4 is 17.9 Å². The van der Waals surface area contributed by atoms with Gasteiger partial charge in [-0.3, -0.25) is 0 Å². The lowest BCUT2D eigenvalue weighted by Gasteiger charge is -2.31. The summed E-state index contributed by atoms with van der Waals surface area (Å²) in [7, 11) is 0. The summed E-state index contributed by atoms with van der Waals surface area (Å²) in [6.07, 6.45) is 0.881. The van der Waals surface area contributed by atoms with Gasteiger partial charge in [-0.05, 0) is 45.7 Å². The van der Waals surface area contributed by atoms with Crippen LogP contribution < -0.4 is 0 Å². The lowest BCUT2D eigenvalue weighted by molar-refractivity contribution is 0.00866. The number of hydrogen-bond acceptors (Lipinski definition) is 4. The van der Waals surface area contributed by atoms with E-state index in [0.717, 1.165) is 17.7 Å². The van der Waals surface area contributed by atoms with Crippen LogP contribution in [-0.2, 0) is 4.74 Å². The fraction of sp³-hybridized carbons (Fsp3) is 0.588. The van der Waals surface area contributed by atoms with Crippen LogP contribution in [0.2, 0.25) is 0 Å². The van der Waals surface area contributed by atoms with Crippen LogP contribution in [0.25, 0.3) is 0 Å². The van der Waals surface area contributed by atoms with Gasteiger partial charge in [0.25, 0.3) is 0 Å². The average molecular weight is 323 g/mol. The summed E-state index contributed by atoms with van der Waals surface area (Å²) in [5.74, 6) is 0.577. The van der Waals surface area contributed by atoms with E-state index in [1.807, 2.05) is 51.1 Å². The van der Waals surface area contributed by atoms with Crippen LogP contribution in [0.3, 0.4) is 0 Å². The quantitative estimate of drug-likeness (QED) is 0.861. The maximum atomic E-state index is 12.2. The summed E-state index contributed by atoms with van der Waals surface area (Å²) in [5.41, 5.74) is -0.506. The molecule has 0 radical (unpaired) electrons. The van der Waals surface area contributed by atoms with Crippen molar-refractivity contribution in [3.05, 3.63) is 30.3 Å². The molecule has 122 valence electrons. The Hall–Kier alpha value is -1.20. The number of thioether (sulfide) groups is 1. The molecule has 0 aromatic heterocycles. The number of benzene rings is 1. The van der Waals surface area contributed by atoms with Crippen LogP contribution in [0.5, 0.6) is 0 Å². The van der Waals surface area contributed by atoms with E-state index in [4.69, 9.17) is 4.74 Å². The van der Waals surface area contributed by atoms with Gasteiger partial charge in [0.15, 0.2) is 0 Å². The second kappa shape index (κ2) is 7.38. The van der Waals surface area contributed by atoms with E-state index in [9.17, 15) is 9.90 Å². The minimum Gasteiger partial charge on any atom is -0.444 e. The van der Waals surface area contributed by atoms with E-state index in [0.29, 0.717) is 12.3 Å². The van der Waals surface area contributed by atoms with Crippen molar-refractivity contribution in [3.8, 4) is 0 Å². The van der Waals surface area contributed by atoms with Crippen molar-refractivity contribution < 1.29 is 14.6 Å². The highest BCUT2D eigenvalue weighted by atomic mass is 32.2. The monoisotopic (exact) mass is 323 g/mol.